The first-order chi connectivity index (χ1) is 13.5. The van der Waals surface area contributed by atoms with Gasteiger partial charge in [-0.1, -0.05) is 24.3 Å². The van der Waals surface area contributed by atoms with Crippen LogP contribution < -0.4 is 5.32 Å². The Morgan fingerprint density at radius 3 is 2.54 bits per heavy atom. The van der Waals surface area contributed by atoms with Crippen molar-refractivity contribution in [1.29, 1.82) is 0 Å². The molecule has 2 amide bonds. The molecule has 1 aromatic heterocycles. The van der Waals surface area contributed by atoms with Crippen molar-refractivity contribution in [3.63, 3.8) is 0 Å². The second-order valence-corrected chi connectivity index (χ2v) is 8.96. The Hall–Kier alpha value is -2.18. The molecule has 0 unspecified atom stereocenters. The average Bonchev–Trinajstić information content (AvgIpc) is 3.12. The zero-order chi connectivity index (χ0) is 19.7. The molecule has 28 heavy (non-hydrogen) atoms. The number of hydrogen-bond acceptors (Lipinski definition) is 4. The average molecular weight is 398 g/mol. The van der Waals surface area contributed by atoms with E-state index in [-0.39, 0.29) is 17.9 Å². The lowest BCUT2D eigenvalue weighted by Crippen LogP contribution is -2.51. The molecule has 1 saturated heterocycles. The summed E-state index contributed by atoms with van der Waals surface area (Å²) < 4.78 is 0. The molecular weight excluding hydrogens is 370 g/mol. The molecule has 0 radical (unpaired) electrons. The summed E-state index contributed by atoms with van der Waals surface area (Å²) >= 11 is 1.63. The number of hydrogen-bond donors (Lipinski definition) is 1. The van der Waals surface area contributed by atoms with Crippen molar-refractivity contribution in [2.24, 2.45) is 0 Å². The van der Waals surface area contributed by atoms with Gasteiger partial charge in [0.2, 0.25) is 5.91 Å². The highest BCUT2D eigenvalue weighted by Gasteiger charge is 2.27. The lowest BCUT2D eigenvalue weighted by molar-refractivity contribution is -0.123. The maximum atomic E-state index is 13.0. The predicted molar refractivity (Wildman–Crippen MR) is 113 cm³/mol. The number of rotatable bonds is 4. The van der Waals surface area contributed by atoms with E-state index in [0.29, 0.717) is 19.6 Å². The number of nitrogens with zero attached hydrogens (tertiary/aromatic N) is 2. The maximum absolute atomic E-state index is 13.0. The van der Waals surface area contributed by atoms with Crippen LogP contribution >= 0.6 is 11.3 Å². The van der Waals surface area contributed by atoms with Gasteiger partial charge >= 0.3 is 0 Å². The monoisotopic (exact) mass is 397 g/mol. The van der Waals surface area contributed by atoms with Gasteiger partial charge in [-0.15, -0.1) is 11.3 Å². The van der Waals surface area contributed by atoms with Crippen molar-refractivity contribution in [3.05, 3.63) is 46.3 Å². The zero-order valence-corrected chi connectivity index (χ0v) is 17.3. The molecule has 0 spiro atoms. The number of carbonyl (C=O) groups is 2. The SMILES string of the molecule is CC(C)NC(=O)CN1CCN(C(=O)c2cc3c(s2)-c2ccccc2CC3)CC1. The second kappa shape index (κ2) is 8.05. The molecule has 6 heteroatoms. The highest BCUT2D eigenvalue weighted by Crippen LogP contribution is 2.39. The van der Waals surface area contributed by atoms with Crippen LogP contribution in [0.25, 0.3) is 10.4 Å². The molecule has 2 aliphatic rings. The number of thiophene rings is 1. The topological polar surface area (TPSA) is 52.7 Å². The third kappa shape index (κ3) is 3.98. The van der Waals surface area contributed by atoms with Gasteiger partial charge in [-0.25, -0.2) is 0 Å². The lowest BCUT2D eigenvalue weighted by atomic mass is 9.91. The van der Waals surface area contributed by atoms with E-state index in [4.69, 9.17) is 0 Å². The summed E-state index contributed by atoms with van der Waals surface area (Å²) in [6.07, 6.45) is 2.06. The summed E-state index contributed by atoms with van der Waals surface area (Å²) in [5.74, 6) is 0.183. The smallest absolute Gasteiger partial charge is 0.264 e. The van der Waals surface area contributed by atoms with Gasteiger partial charge in [0.05, 0.1) is 11.4 Å². The van der Waals surface area contributed by atoms with E-state index in [2.05, 4.69) is 40.5 Å². The van der Waals surface area contributed by atoms with Gasteiger partial charge in [0.25, 0.3) is 5.91 Å². The summed E-state index contributed by atoms with van der Waals surface area (Å²) in [5.41, 5.74) is 3.97. The predicted octanol–water partition coefficient (Wildman–Crippen LogP) is 2.80. The van der Waals surface area contributed by atoms with Crippen LogP contribution in [0.4, 0.5) is 0 Å². The van der Waals surface area contributed by atoms with Crippen molar-refractivity contribution in [2.75, 3.05) is 32.7 Å². The van der Waals surface area contributed by atoms with Gasteiger partial charge in [-0.3, -0.25) is 14.5 Å². The van der Waals surface area contributed by atoms with Gasteiger partial charge < -0.3 is 10.2 Å². The molecule has 0 bridgehead atoms. The van der Waals surface area contributed by atoms with Crippen LogP contribution in [0.2, 0.25) is 0 Å². The fraction of sp³-hybridized carbons (Fsp3) is 0.455. The number of amides is 2. The van der Waals surface area contributed by atoms with E-state index in [1.54, 1.807) is 11.3 Å². The summed E-state index contributed by atoms with van der Waals surface area (Å²) in [7, 11) is 0. The van der Waals surface area contributed by atoms with Crippen molar-refractivity contribution in [3.8, 4) is 10.4 Å². The quantitative estimate of drug-likeness (QED) is 0.863. The molecule has 1 aromatic carbocycles. The van der Waals surface area contributed by atoms with Crippen molar-refractivity contribution >= 4 is 23.2 Å². The van der Waals surface area contributed by atoms with Gasteiger partial charge in [0.1, 0.15) is 0 Å². The van der Waals surface area contributed by atoms with Gasteiger partial charge in [0, 0.05) is 37.1 Å². The highest BCUT2D eigenvalue weighted by molar-refractivity contribution is 7.17. The number of benzene rings is 1. The second-order valence-electron chi connectivity index (χ2n) is 7.91. The third-order valence-electron chi connectivity index (χ3n) is 5.42. The van der Waals surface area contributed by atoms with E-state index >= 15 is 0 Å². The highest BCUT2D eigenvalue weighted by atomic mass is 32.1. The van der Waals surface area contributed by atoms with E-state index in [0.717, 1.165) is 30.8 Å². The van der Waals surface area contributed by atoms with Crippen molar-refractivity contribution in [1.82, 2.24) is 15.1 Å². The Bertz CT molecular complexity index is 882. The van der Waals surface area contributed by atoms with Gasteiger partial charge in [0.15, 0.2) is 0 Å². The number of aryl methyl sites for hydroxylation is 2. The summed E-state index contributed by atoms with van der Waals surface area (Å²) in [6, 6.07) is 10.8. The Labute approximate surface area is 170 Å². The van der Waals surface area contributed by atoms with E-state index in [9.17, 15) is 9.59 Å². The first-order valence-corrected chi connectivity index (χ1v) is 10.8. The number of carbonyl (C=O) groups excluding carboxylic acids is 2. The fourth-order valence-electron chi connectivity index (χ4n) is 4.01. The van der Waals surface area contributed by atoms with E-state index < -0.39 is 0 Å². The molecule has 148 valence electrons. The first kappa shape index (κ1) is 19.2. The number of nitrogens with one attached hydrogen (secondary N) is 1. The molecular formula is C22H27N3O2S. The van der Waals surface area contributed by atoms with Crippen LogP contribution in [0.5, 0.6) is 0 Å². The normalized spacial score (nSPS) is 16.6. The molecule has 1 aliphatic heterocycles. The largest absolute Gasteiger partial charge is 0.353 e. The van der Waals surface area contributed by atoms with Crippen LogP contribution in [0.3, 0.4) is 0 Å². The fourth-order valence-corrected chi connectivity index (χ4v) is 5.25. The molecule has 5 nitrogen and oxygen atoms in total. The lowest BCUT2D eigenvalue weighted by Gasteiger charge is -2.34. The first-order valence-electron chi connectivity index (χ1n) is 10.0. The minimum atomic E-state index is 0.0550. The van der Waals surface area contributed by atoms with Crippen LogP contribution in [0.1, 0.15) is 34.6 Å². The Kier molecular flexibility index (Phi) is 5.51. The Morgan fingerprint density at radius 2 is 1.79 bits per heavy atom. The van der Waals surface area contributed by atoms with E-state index in [1.807, 2.05) is 18.7 Å². The molecule has 2 heterocycles. The van der Waals surface area contributed by atoms with Crippen LogP contribution in [-0.2, 0) is 17.6 Å². The van der Waals surface area contributed by atoms with E-state index in [1.165, 1.54) is 21.6 Å². The van der Waals surface area contributed by atoms with Gasteiger partial charge in [-0.2, -0.15) is 0 Å². The summed E-state index contributed by atoms with van der Waals surface area (Å²) in [4.78, 5) is 31.1. The van der Waals surface area contributed by atoms with Crippen molar-refractivity contribution < 1.29 is 9.59 Å². The van der Waals surface area contributed by atoms with Crippen LogP contribution in [0, 0.1) is 0 Å². The minimum Gasteiger partial charge on any atom is -0.353 e. The molecule has 2 aromatic rings. The van der Waals surface area contributed by atoms with Crippen LogP contribution in [-0.4, -0.2) is 60.4 Å². The Balaban J connectivity index is 1.39. The molecule has 0 saturated carbocycles. The summed E-state index contributed by atoms with van der Waals surface area (Å²) in [6.45, 7) is 7.17. The maximum Gasteiger partial charge on any atom is 0.264 e. The molecule has 1 N–H and O–H groups in total. The van der Waals surface area contributed by atoms with Crippen LogP contribution in [0.15, 0.2) is 30.3 Å². The molecule has 0 atom stereocenters. The number of fused-ring (bicyclic) bond motifs is 3. The third-order valence-corrected chi connectivity index (χ3v) is 6.62. The Morgan fingerprint density at radius 1 is 1.07 bits per heavy atom. The molecule has 1 aliphatic carbocycles. The standard InChI is InChI=1S/C22H27N3O2S/c1-15(2)23-20(26)14-24-9-11-25(12-10-24)22(27)19-13-17-8-7-16-5-3-4-6-18(16)21(17)28-19/h3-6,13,15H,7-12,14H2,1-2H3,(H,23,26). The molecule has 1 fully saturated rings. The van der Waals surface area contributed by atoms with Crippen molar-refractivity contribution in [2.45, 2.75) is 32.7 Å². The number of piperazine rings is 1. The minimum absolute atomic E-state index is 0.0550. The zero-order valence-electron chi connectivity index (χ0n) is 16.5. The molecule has 4 rings (SSSR count). The summed E-state index contributed by atoms with van der Waals surface area (Å²) in [5, 5.41) is 2.93. The van der Waals surface area contributed by atoms with Gasteiger partial charge in [-0.05, 0) is 49.4 Å².